The van der Waals surface area contributed by atoms with Gasteiger partial charge in [0.2, 0.25) is 5.91 Å². The number of ether oxygens (including phenoxy) is 1. The number of phenolic OH excluding ortho intramolecular Hbond substituents is 1. The van der Waals surface area contributed by atoms with Crippen molar-refractivity contribution in [3.63, 3.8) is 0 Å². The smallest absolute Gasteiger partial charge is 0.265 e. The van der Waals surface area contributed by atoms with Crippen LogP contribution in [0.5, 0.6) is 11.5 Å². The number of amides is 2. The van der Waals surface area contributed by atoms with Gasteiger partial charge in [-0.1, -0.05) is 22.0 Å². The molecule has 0 aliphatic carbocycles. The fourth-order valence-corrected chi connectivity index (χ4v) is 2.78. The summed E-state index contributed by atoms with van der Waals surface area (Å²) in [7, 11) is 0. The lowest BCUT2D eigenvalue weighted by molar-refractivity contribution is -0.123. The molecule has 1 aliphatic heterocycles. The van der Waals surface area contributed by atoms with Gasteiger partial charge >= 0.3 is 0 Å². The number of nitrogens with one attached hydrogen (secondary N) is 1. The second-order valence-electron chi connectivity index (χ2n) is 5.45. The summed E-state index contributed by atoms with van der Waals surface area (Å²) in [6, 6.07) is 10.2. The molecule has 2 aromatic carbocycles. The third kappa shape index (κ3) is 3.35. The fourth-order valence-electron chi connectivity index (χ4n) is 2.44. The topological polar surface area (TPSA) is 78.9 Å². The van der Waals surface area contributed by atoms with Gasteiger partial charge < -0.3 is 15.2 Å². The highest BCUT2D eigenvalue weighted by atomic mass is 79.9. The standard InChI is InChI=1S/C17H15BrN2O4/c1-10-2-5-14(21)12(6-10)19-16(22)8-20-13-4-3-11(18)7-15(13)24-9-17(20)23/h2-7,21H,8-9H2,1H3,(H,19,22). The first kappa shape index (κ1) is 16.3. The normalized spacial score (nSPS) is 13.2. The van der Waals surface area contributed by atoms with Crippen molar-refractivity contribution < 1.29 is 19.4 Å². The Kier molecular flexibility index (Phi) is 4.44. The summed E-state index contributed by atoms with van der Waals surface area (Å²) >= 11 is 3.34. The van der Waals surface area contributed by atoms with Gasteiger partial charge in [0.1, 0.15) is 18.0 Å². The first-order valence-corrected chi connectivity index (χ1v) is 8.05. The van der Waals surface area contributed by atoms with Gasteiger partial charge in [-0.2, -0.15) is 0 Å². The monoisotopic (exact) mass is 390 g/mol. The number of benzene rings is 2. The lowest BCUT2D eigenvalue weighted by atomic mass is 10.2. The van der Waals surface area contributed by atoms with E-state index in [4.69, 9.17) is 4.74 Å². The van der Waals surface area contributed by atoms with Crippen LogP contribution in [0.25, 0.3) is 0 Å². The number of carbonyl (C=O) groups excluding carboxylic acids is 2. The van der Waals surface area contributed by atoms with Gasteiger partial charge in [-0.05, 0) is 42.8 Å². The summed E-state index contributed by atoms with van der Waals surface area (Å²) in [6.45, 7) is 1.57. The van der Waals surface area contributed by atoms with E-state index in [0.717, 1.165) is 10.0 Å². The Morgan fingerprint density at radius 3 is 2.92 bits per heavy atom. The van der Waals surface area contributed by atoms with Crippen molar-refractivity contribution in [2.24, 2.45) is 0 Å². The summed E-state index contributed by atoms with van der Waals surface area (Å²) in [6.07, 6.45) is 0. The molecule has 6 nitrogen and oxygen atoms in total. The van der Waals surface area contributed by atoms with Crippen LogP contribution in [0.3, 0.4) is 0 Å². The van der Waals surface area contributed by atoms with Crippen LogP contribution in [-0.4, -0.2) is 30.1 Å². The van der Waals surface area contributed by atoms with E-state index in [-0.39, 0.29) is 24.8 Å². The maximum absolute atomic E-state index is 12.3. The van der Waals surface area contributed by atoms with Crippen LogP contribution in [0.1, 0.15) is 5.56 Å². The SMILES string of the molecule is Cc1ccc(O)c(NC(=O)CN2C(=O)COc3cc(Br)ccc32)c1. The number of aromatic hydroxyl groups is 1. The van der Waals surface area contributed by atoms with Crippen LogP contribution in [-0.2, 0) is 9.59 Å². The molecule has 0 radical (unpaired) electrons. The predicted molar refractivity (Wildman–Crippen MR) is 93.5 cm³/mol. The third-order valence-electron chi connectivity index (χ3n) is 3.59. The van der Waals surface area contributed by atoms with E-state index in [1.54, 1.807) is 30.3 Å². The Balaban J connectivity index is 1.79. The number of fused-ring (bicyclic) bond motifs is 1. The second-order valence-corrected chi connectivity index (χ2v) is 6.37. The average molecular weight is 391 g/mol. The molecule has 1 heterocycles. The summed E-state index contributed by atoms with van der Waals surface area (Å²) < 4.78 is 6.21. The molecule has 24 heavy (non-hydrogen) atoms. The predicted octanol–water partition coefficient (Wildman–Crippen LogP) is 2.83. The quantitative estimate of drug-likeness (QED) is 0.789. The van der Waals surface area contributed by atoms with Crippen molar-refractivity contribution >= 4 is 39.1 Å². The van der Waals surface area contributed by atoms with Crippen molar-refractivity contribution in [2.75, 3.05) is 23.4 Å². The molecule has 0 spiro atoms. The minimum atomic E-state index is -0.403. The molecule has 7 heteroatoms. The van der Waals surface area contributed by atoms with Gasteiger partial charge in [-0.25, -0.2) is 0 Å². The molecule has 2 amide bonds. The maximum atomic E-state index is 12.3. The van der Waals surface area contributed by atoms with Crippen molar-refractivity contribution in [1.29, 1.82) is 0 Å². The van der Waals surface area contributed by atoms with Crippen LogP contribution in [0.4, 0.5) is 11.4 Å². The summed E-state index contributed by atoms with van der Waals surface area (Å²) in [5.41, 5.74) is 1.76. The zero-order valence-electron chi connectivity index (χ0n) is 12.9. The van der Waals surface area contributed by atoms with Gasteiger partial charge in [0.25, 0.3) is 5.91 Å². The molecule has 0 saturated heterocycles. The van der Waals surface area contributed by atoms with Crippen molar-refractivity contribution in [3.05, 3.63) is 46.4 Å². The van der Waals surface area contributed by atoms with Gasteiger partial charge in [-0.3, -0.25) is 14.5 Å². The Hall–Kier alpha value is -2.54. The molecular weight excluding hydrogens is 376 g/mol. The molecule has 0 bridgehead atoms. The summed E-state index contributed by atoms with van der Waals surface area (Å²) in [4.78, 5) is 25.8. The minimum Gasteiger partial charge on any atom is -0.506 e. The molecule has 2 aromatic rings. The Morgan fingerprint density at radius 1 is 1.33 bits per heavy atom. The molecule has 124 valence electrons. The number of nitrogens with zero attached hydrogens (tertiary/aromatic N) is 1. The van der Waals surface area contributed by atoms with Crippen LogP contribution in [0.2, 0.25) is 0 Å². The zero-order valence-corrected chi connectivity index (χ0v) is 14.5. The van der Waals surface area contributed by atoms with Crippen LogP contribution < -0.4 is 15.0 Å². The van der Waals surface area contributed by atoms with E-state index in [0.29, 0.717) is 17.1 Å². The highest BCUT2D eigenvalue weighted by molar-refractivity contribution is 9.10. The number of aryl methyl sites for hydroxylation is 1. The maximum Gasteiger partial charge on any atom is 0.265 e. The Bertz CT molecular complexity index is 822. The lowest BCUT2D eigenvalue weighted by Crippen LogP contribution is -2.43. The summed E-state index contributed by atoms with van der Waals surface area (Å²) in [5.74, 6) is -0.185. The molecule has 1 aliphatic rings. The van der Waals surface area contributed by atoms with E-state index in [9.17, 15) is 14.7 Å². The molecule has 2 N–H and O–H groups in total. The van der Waals surface area contributed by atoms with E-state index in [1.807, 2.05) is 6.92 Å². The number of carbonyl (C=O) groups is 2. The van der Waals surface area contributed by atoms with Gasteiger partial charge in [0, 0.05) is 4.47 Å². The van der Waals surface area contributed by atoms with Crippen molar-refractivity contribution in [3.8, 4) is 11.5 Å². The molecular formula is C17H15BrN2O4. The number of hydrogen-bond donors (Lipinski definition) is 2. The molecule has 0 aromatic heterocycles. The van der Waals surface area contributed by atoms with E-state index in [1.165, 1.54) is 11.0 Å². The third-order valence-corrected chi connectivity index (χ3v) is 4.09. The average Bonchev–Trinajstić information content (AvgIpc) is 2.53. The lowest BCUT2D eigenvalue weighted by Gasteiger charge is -2.29. The number of phenols is 1. The largest absolute Gasteiger partial charge is 0.506 e. The number of rotatable bonds is 3. The zero-order chi connectivity index (χ0) is 17.3. The Labute approximate surface area is 147 Å². The van der Waals surface area contributed by atoms with E-state index < -0.39 is 5.91 Å². The van der Waals surface area contributed by atoms with Crippen LogP contribution in [0.15, 0.2) is 40.9 Å². The number of hydrogen-bond acceptors (Lipinski definition) is 4. The van der Waals surface area contributed by atoms with Gasteiger partial charge in [0.05, 0.1) is 11.4 Å². The highest BCUT2D eigenvalue weighted by Crippen LogP contribution is 2.34. The minimum absolute atomic E-state index is 0.0217. The molecule has 0 fully saturated rings. The first-order valence-electron chi connectivity index (χ1n) is 7.26. The molecule has 0 saturated carbocycles. The molecule has 0 unspecified atom stereocenters. The van der Waals surface area contributed by atoms with Crippen LogP contribution in [0, 0.1) is 6.92 Å². The number of anilines is 2. The molecule has 3 rings (SSSR count). The molecule has 0 atom stereocenters. The van der Waals surface area contributed by atoms with Crippen molar-refractivity contribution in [2.45, 2.75) is 6.92 Å². The highest BCUT2D eigenvalue weighted by Gasteiger charge is 2.27. The van der Waals surface area contributed by atoms with Crippen LogP contribution >= 0.6 is 15.9 Å². The van der Waals surface area contributed by atoms with E-state index >= 15 is 0 Å². The fraction of sp³-hybridized carbons (Fsp3) is 0.176. The Morgan fingerprint density at radius 2 is 2.12 bits per heavy atom. The van der Waals surface area contributed by atoms with Gasteiger partial charge in [-0.15, -0.1) is 0 Å². The number of halogens is 1. The van der Waals surface area contributed by atoms with Gasteiger partial charge in [0.15, 0.2) is 6.61 Å². The summed E-state index contributed by atoms with van der Waals surface area (Å²) in [5, 5.41) is 12.4. The first-order chi connectivity index (χ1) is 11.4. The second kappa shape index (κ2) is 6.52. The van der Waals surface area contributed by atoms with E-state index in [2.05, 4.69) is 21.2 Å². The van der Waals surface area contributed by atoms with Crippen molar-refractivity contribution in [1.82, 2.24) is 0 Å².